The lowest BCUT2D eigenvalue weighted by molar-refractivity contribution is -0.224. The molecule has 1 aromatic heterocycles. The average Bonchev–Trinajstić information content (AvgIpc) is 3.87. The van der Waals surface area contributed by atoms with Crippen LogP contribution in [-0.4, -0.2) is 111 Å². The zero-order valence-corrected chi connectivity index (χ0v) is 25.1. The third kappa shape index (κ3) is 5.92. The molecule has 3 atom stereocenters. The van der Waals surface area contributed by atoms with E-state index in [9.17, 15) is 47.4 Å². The van der Waals surface area contributed by atoms with Crippen molar-refractivity contribution >= 4 is 52.4 Å². The van der Waals surface area contributed by atoms with Crippen molar-refractivity contribution in [3.8, 4) is 0 Å². The van der Waals surface area contributed by atoms with Crippen LogP contribution >= 0.6 is 11.8 Å². The lowest BCUT2D eigenvalue weighted by atomic mass is 10.0. The smallest absolute Gasteiger partial charge is 0.477 e. The number of benzene rings is 1. The second kappa shape index (κ2) is 11.9. The number of carboxylic acids is 2. The Morgan fingerprint density at radius 2 is 1.72 bits per heavy atom. The molecule has 2 saturated heterocycles. The Hall–Kier alpha value is -4.52. The Kier molecular flexibility index (Phi) is 8.23. The zero-order valence-electron chi connectivity index (χ0n) is 24.2. The first-order valence-electron chi connectivity index (χ1n) is 14.3. The standard InChI is InChI=1S/C28H27F4N5O9S/c29-16-7-14-17(36(13-1-2-13)9-15(21(14)38)24(39)40)8-18(16)34-3-5-35(6-4-34)27(44)45-10-12-11-47-23-19(33)22(37(23)20(12)25(41)42)46-26(43)28(30,31)32/h7-9,13,19,22-23H,1-6,10-11,33H2,(H,39,40)(H,41,42)/t19-,22-,23-/m1/s1. The maximum absolute atomic E-state index is 15.3. The van der Waals surface area contributed by atoms with Gasteiger partial charge in [0.25, 0.3) is 0 Å². The van der Waals surface area contributed by atoms with Crippen molar-refractivity contribution < 1.29 is 56.4 Å². The van der Waals surface area contributed by atoms with Gasteiger partial charge in [0.2, 0.25) is 5.43 Å². The number of nitrogens with two attached hydrogens (primary N) is 1. The highest BCUT2D eigenvalue weighted by molar-refractivity contribution is 8.00. The topological polar surface area (TPSA) is 185 Å². The fourth-order valence-electron chi connectivity index (χ4n) is 5.90. The van der Waals surface area contributed by atoms with Crippen LogP contribution in [0.3, 0.4) is 0 Å². The minimum atomic E-state index is -5.31. The number of anilines is 1. The minimum Gasteiger partial charge on any atom is -0.477 e. The number of nitrogens with zero attached hydrogens (tertiary/aromatic N) is 4. The number of aromatic nitrogens is 1. The molecule has 1 aliphatic carbocycles. The maximum Gasteiger partial charge on any atom is 0.491 e. The number of alkyl halides is 3. The molecule has 4 N–H and O–H groups in total. The molecule has 0 unspecified atom stereocenters. The van der Waals surface area contributed by atoms with Gasteiger partial charge in [-0.1, -0.05) is 0 Å². The number of hydrogen-bond acceptors (Lipinski definition) is 11. The summed E-state index contributed by atoms with van der Waals surface area (Å²) in [4.78, 5) is 64.7. The van der Waals surface area contributed by atoms with Crippen LogP contribution in [-0.2, 0) is 19.1 Å². The number of thioether (sulfide) groups is 1. The van der Waals surface area contributed by atoms with Crippen molar-refractivity contribution in [3.05, 3.63) is 51.2 Å². The molecule has 2 aromatic rings. The molecule has 4 heterocycles. The predicted molar refractivity (Wildman–Crippen MR) is 155 cm³/mol. The fourth-order valence-corrected chi connectivity index (χ4v) is 7.23. The number of piperazine rings is 1. The number of carbonyl (C=O) groups is 4. The highest BCUT2D eigenvalue weighted by atomic mass is 32.2. The van der Waals surface area contributed by atoms with Gasteiger partial charge in [-0.05, 0) is 25.0 Å². The Morgan fingerprint density at radius 3 is 2.32 bits per heavy atom. The van der Waals surface area contributed by atoms with Crippen LogP contribution in [0.15, 0.2) is 34.4 Å². The van der Waals surface area contributed by atoms with Crippen LogP contribution in [0.4, 0.5) is 28.0 Å². The van der Waals surface area contributed by atoms with E-state index in [0.717, 1.165) is 35.6 Å². The van der Waals surface area contributed by atoms with Crippen molar-refractivity contribution in [2.24, 2.45) is 5.73 Å². The highest BCUT2D eigenvalue weighted by Gasteiger charge is 2.56. The van der Waals surface area contributed by atoms with E-state index in [1.165, 1.54) is 17.2 Å². The molecule has 1 saturated carbocycles. The largest absolute Gasteiger partial charge is 0.491 e. The van der Waals surface area contributed by atoms with E-state index in [0.29, 0.717) is 5.52 Å². The summed E-state index contributed by atoms with van der Waals surface area (Å²) < 4.78 is 65.1. The molecule has 6 rings (SSSR count). The third-order valence-electron chi connectivity index (χ3n) is 8.41. The summed E-state index contributed by atoms with van der Waals surface area (Å²) in [5, 5.41) is 18.5. The summed E-state index contributed by atoms with van der Waals surface area (Å²) in [5.41, 5.74) is 4.78. The summed E-state index contributed by atoms with van der Waals surface area (Å²) in [6.45, 7) is -0.0140. The number of esters is 1. The van der Waals surface area contributed by atoms with Gasteiger partial charge in [0.1, 0.15) is 23.7 Å². The molecule has 0 spiro atoms. The number of pyridine rings is 1. The Bertz CT molecular complexity index is 1770. The Morgan fingerprint density at radius 1 is 1.04 bits per heavy atom. The number of halogens is 4. The van der Waals surface area contributed by atoms with E-state index in [4.69, 9.17) is 10.5 Å². The second-order valence-electron chi connectivity index (χ2n) is 11.4. The number of aromatic carboxylic acids is 1. The molecular formula is C28H27F4N5O9S. The van der Waals surface area contributed by atoms with Crippen molar-refractivity contribution in [1.82, 2.24) is 14.4 Å². The van der Waals surface area contributed by atoms with Gasteiger partial charge in [0.05, 0.1) is 22.6 Å². The van der Waals surface area contributed by atoms with Gasteiger partial charge in [-0.3, -0.25) is 4.79 Å². The second-order valence-corrected chi connectivity index (χ2v) is 12.5. The molecular weight excluding hydrogens is 658 g/mol. The molecule has 3 fully saturated rings. The summed E-state index contributed by atoms with van der Waals surface area (Å²) in [7, 11) is 0. The number of aliphatic carboxylic acids is 1. The number of ether oxygens (including phenoxy) is 2. The summed E-state index contributed by atoms with van der Waals surface area (Å²) in [6, 6.07) is 1.43. The molecule has 14 nitrogen and oxygen atoms in total. The first kappa shape index (κ1) is 32.4. The van der Waals surface area contributed by atoms with Crippen LogP contribution in [0.25, 0.3) is 10.9 Å². The zero-order chi connectivity index (χ0) is 33.9. The van der Waals surface area contributed by atoms with Gasteiger partial charge in [-0.25, -0.2) is 23.6 Å². The molecule has 252 valence electrons. The van der Waals surface area contributed by atoms with Gasteiger partial charge in [0, 0.05) is 55.1 Å². The number of rotatable bonds is 7. The molecule has 1 aromatic carbocycles. The Balaban J connectivity index is 1.13. The predicted octanol–water partition coefficient (Wildman–Crippen LogP) is 1.92. The van der Waals surface area contributed by atoms with Gasteiger partial charge >= 0.3 is 30.2 Å². The number of amides is 1. The van der Waals surface area contributed by atoms with E-state index in [1.807, 2.05) is 0 Å². The number of hydrogen-bond donors (Lipinski definition) is 3. The summed E-state index contributed by atoms with van der Waals surface area (Å²) >= 11 is 1.10. The van der Waals surface area contributed by atoms with Gasteiger partial charge < -0.3 is 44.7 Å². The highest BCUT2D eigenvalue weighted by Crippen LogP contribution is 2.44. The molecule has 1 amide bonds. The summed E-state index contributed by atoms with van der Waals surface area (Å²) in [6.07, 6.45) is -4.95. The normalized spacial score (nSPS) is 22.9. The fraction of sp³-hybridized carbons (Fsp3) is 0.464. The van der Waals surface area contributed by atoms with Crippen LogP contribution in [0.5, 0.6) is 0 Å². The third-order valence-corrected chi connectivity index (χ3v) is 9.81. The molecule has 19 heteroatoms. The number of fused-ring (bicyclic) bond motifs is 2. The molecule has 4 aliphatic rings. The molecule has 3 aliphatic heterocycles. The lowest BCUT2D eigenvalue weighted by Crippen LogP contribution is -2.72. The van der Waals surface area contributed by atoms with Crippen molar-refractivity contribution in [2.75, 3.05) is 43.4 Å². The van der Waals surface area contributed by atoms with Crippen molar-refractivity contribution in [3.63, 3.8) is 0 Å². The SMILES string of the molecule is N[C@@H]1[C@@H](OC(=O)C(F)(F)F)N2C(C(=O)O)=C(COC(=O)N3CCN(c4cc5c(cc4F)c(=O)c(C(=O)O)cn5C4CC4)CC3)CS[C@H]12. The van der Waals surface area contributed by atoms with Crippen molar-refractivity contribution in [2.45, 2.75) is 42.7 Å². The first-order valence-corrected chi connectivity index (χ1v) is 15.4. The Labute approximate surface area is 266 Å². The van der Waals surface area contributed by atoms with Crippen LogP contribution < -0.4 is 16.1 Å². The minimum absolute atomic E-state index is 0.00930. The number of carbonyl (C=O) groups excluding carboxylic acids is 2. The van der Waals surface area contributed by atoms with E-state index in [2.05, 4.69) is 4.74 Å². The van der Waals surface area contributed by atoms with Gasteiger partial charge in [-0.2, -0.15) is 13.2 Å². The average molecular weight is 686 g/mol. The van der Waals surface area contributed by atoms with Crippen LogP contribution in [0, 0.1) is 5.82 Å². The maximum atomic E-state index is 15.3. The quantitative estimate of drug-likeness (QED) is 0.284. The van der Waals surface area contributed by atoms with Gasteiger partial charge in [0.15, 0.2) is 6.23 Å². The van der Waals surface area contributed by atoms with E-state index in [-0.39, 0.29) is 54.6 Å². The van der Waals surface area contributed by atoms with E-state index >= 15 is 4.39 Å². The monoisotopic (exact) mass is 685 g/mol. The molecule has 47 heavy (non-hydrogen) atoms. The van der Waals surface area contributed by atoms with Crippen molar-refractivity contribution in [1.29, 1.82) is 0 Å². The van der Waals surface area contributed by atoms with Crippen LogP contribution in [0.1, 0.15) is 29.2 Å². The lowest BCUT2D eigenvalue weighted by Gasteiger charge is -2.55. The molecule has 0 radical (unpaired) electrons. The molecule has 0 bridgehead atoms. The van der Waals surface area contributed by atoms with E-state index in [1.54, 1.807) is 9.47 Å². The van der Waals surface area contributed by atoms with Gasteiger partial charge in [-0.15, -0.1) is 11.8 Å². The van der Waals surface area contributed by atoms with E-state index < -0.39 is 76.9 Å². The van der Waals surface area contributed by atoms with Crippen LogP contribution in [0.2, 0.25) is 0 Å². The summed E-state index contributed by atoms with van der Waals surface area (Å²) in [5.74, 6) is -6.14. The first-order chi connectivity index (χ1) is 22.2. The number of carboxylic acid groups (broad SMARTS) is 2.